The van der Waals surface area contributed by atoms with Crippen LogP contribution in [-0.2, 0) is 0 Å². The zero-order valence-corrected chi connectivity index (χ0v) is 29.5. The zero-order valence-electron chi connectivity index (χ0n) is 29.5. The van der Waals surface area contributed by atoms with E-state index in [9.17, 15) is 0 Å². The van der Waals surface area contributed by atoms with Gasteiger partial charge in [-0.1, -0.05) is 176 Å². The van der Waals surface area contributed by atoms with Crippen LogP contribution in [0.15, 0.2) is 194 Å². The minimum absolute atomic E-state index is 1.23. The van der Waals surface area contributed by atoms with Crippen LogP contribution in [-0.4, -0.2) is 0 Å². The second-order valence-corrected chi connectivity index (χ2v) is 14.7. The molecule has 0 aliphatic heterocycles. The molecule has 0 atom stereocenters. The van der Waals surface area contributed by atoms with Gasteiger partial charge in [0, 0.05) is 0 Å². The number of hydrogen-bond acceptors (Lipinski definition) is 0. The van der Waals surface area contributed by atoms with E-state index in [0.717, 1.165) is 0 Å². The molecule has 0 nitrogen and oxygen atoms in total. The predicted molar refractivity (Wildman–Crippen MR) is 233 cm³/mol. The van der Waals surface area contributed by atoms with E-state index in [-0.39, 0.29) is 0 Å². The summed E-state index contributed by atoms with van der Waals surface area (Å²) in [5.74, 6) is 0. The maximum absolute atomic E-state index is 2.52. The Hall–Kier alpha value is -7.02. The fourth-order valence-electron chi connectivity index (χ4n) is 9.78. The van der Waals surface area contributed by atoms with E-state index < -0.39 is 0 Å². The molecule has 0 unspecified atom stereocenters. The van der Waals surface area contributed by atoms with Crippen LogP contribution < -0.4 is 0 Å². The number of hydrogen-bond donors (Lipinski definition) is 0. The molecule has 0 radical (unpaired) electrons. The van der Waals surface area contributed by atoms with Gasteiger partial charge in [-0.25, -0.2) is 0 Å². The Kier molecular flexibility index (Phi) is 6.15. The second-order valence-electron chi connectivity index (χ2n) is 14.7. The summed E-state index contributed by atoms with van der Waals surface area (Å²) in [4.78, 5) is 0. The van der Waals surface area contributed by atoms with Gasteiger partial charge in [0.1, 0.15) is 0 Å². The number of rotatable bonds is 4. The first kappa shape index (κ1) is 29.5. The smallest absolute Gasteiger partial charge is 0.000719 e. The summed E-state index contributed by atoms with van der Waals surface area (Å²) >= 11 is 0. The molecule has 0 fully saturated rings. The third kappa shape index (κ3) is 4.03. The lowest BCUT2D eigenvalue weighted by molar-refractivity contribution is 1.60. The molecule has 0 N–H and O–H groups in total. The van der Waals surface area contributed by atoms with Crippen molar-refractivity contribution in [2.45, 2.75) is 0 Å². The van der Waals surface area contributed by atoms with Gasteiger partial charge in [-0.3, -0.25) is 0 Å². The molecule has 0 saturated carbocycles. The van der Waals surface area contributed by atoms with E-state index >= 15 is 0 Å². The Morgan fingerprint density at radius 2 is 0.704 bits per heavy atom. The normalized spacial score (nSPS) is 12.1. The van der Waals surface area contributed by atoms with Gasteiger partial charge in [0.25, 0.3) is 0 Å². The predicted octanol–water partition coefficient (Wildman–Crippen LogP) is 15.3. The van der Waals surface area contributed by atoms with Gasteiger partial charge in [-0.2, -0.15) is 0 Å². The highest BCUT2D eigenvalue weighted by molar-refractivity contribution is 6.45. The Labute approximate surface area is 312 Å². The molecule has 12 aromatic rings. The first-order valence-electron chi connectivity index (χ1n) is 18.9. The topological polar surface area (TPSA) is 0 Å². The zero-order chi connectivity index (χ0) is 35.3. The minimum Gasteiger partial charge on any atom is -0.0622 e. The number of fused-ring (bicyclic) bond motifs is 8. The van der Waals surface area contributed by atoms with Crippen molar-refractivity contribution in [2.75, 3.05) is 0 Å². The lowest BCUT2D eigenvalue weighted by Gasteiger charge is -2.19. The average Bonchev–Trinajstić information content (AvgIpc) is 3.75. The Morgan fingerprint density at radius 1 is 0.204 bits per heavy atom. The maximum atomic E-state index is 2.52. The molecule has 0 amide bonds. The van der Waals surface area contributed by atoms with Crippen molar-refractivity contribution in [3.05, 3.63) is 194 Å². The summed E-state index contributed by atoms with van der Waals surface area (Å²) in [7, 11) is 0. The van der Waals surface area contributed by atoms with Crippen LogP contribution in [0.3, 0.4) is 0 Å². The van der Waals surface area contributed by atoms with Crippen LogP contribution >= 0.6 is 0 Å². The van der Waals surface area contributed by atoms with Gasteiger partial charge < -0.3 is 0 Å². The monoisotopic (exact) mass is 680 g/mol. The van der Waals surface area contributed by atoms with Gasteiger partial charge in [0.15, 0.2) is 0 Å². The molecule has 248 valence electrons. The first-order valence-corrected chi connectivity index (χ1v) is 18.9. The summed E-state index contributed by atoms with van der Waals surface area (Å²) in [5.41, 5.74) is 10.1. The lowest BCUT2D eigenvalue weighted by atomic mass is 9.83. The maximum Gasteiger partial charge on any atom is -0.000719 e. The Balaban J connectivity index is 1.35. The van der Waals surface area contributed by atoms with Crippen LogP contribution in [0.5, 0.6) is 0 Å². The average molecular weight is 681 g/mol. The Morgan fingerprint density at radius 3 is 1.41 bits per heavy atom. The van der Waals surface area contributed by atoms with E-state index in [2.05, 4.69) is 194 Å². The quantitative estimate of drug-likeness (QED) is 0.162. The van der Waals surface area contributed by atoms with Crippen molar-refractivity contribution in [1.29, 1.82) is 0 Å². The van der Waals surface area contributed by atoms with Crippen LogP contribution in [0, 0.1) is 0 Å². The molecule has 0 heterocycles. The molecule has 12 aromatic carbocycles. The van der Waals surface area contributed by atoms with Crippen molar-refractivity contribution in [2.24, 2.45) is 0 Å². The minimum atomic E-state index is 1.23. The molecule has 0 spiro atoms. The molecule has 0 bridgehead atoms. The fourth-order valence-corrected chi connectivity index (χ4v) is 9.78. The lowest BCUT2D eigenvalue weighted by Crippen LogP contribution is -1.91. The first-order chi connectivity index (χ1) is 26.8. The van der Waals surface area contributed by atoms with Crippen molar-refractivity contribution >= 4 is 75.4 Å². The Bertz CT molecular complexity index is 3390. The van der Waals surface area contributed by atoms with Crippen molar-refractivity contribution < 1.29 is 0 Å². The van der Waals surface area contributed by atoms with Gasteiger partial charge >= 0.3 is 0 Å². The number of benzene rings is 10. The van der Waals surface area contributed by atoms with E-state index in [1.807, 2.05) is 0 Å². The summed E-state index contributed by atoms with van der Waals surface area (Å²) in [6.45, 7) is 0. The SMILES string of the molecule is c1ccc(-c2ccccc2-c2cc3cccc4c5c(-c6ccccc6)c6c(cc7c8ccccc8c8cccc6c87)c(-c6ccccc6)c5c(c2)c34)cc1. The van der Waals surface area contributed by atoms with Crippen molar-refractivity contribution in [3.63, 3.8) is 0 Å². The molecule has 0 saturated heterocycles. The van der Waals surface area contributed by atoms with E-state index in [0.29, 0.717) is 0 Å². The third-order valence-electron chi connectivity index (χ3n) is 11.9. The van der Waals surface area contributed by atoms with E-state index in [4.69, 9.17) is 0 Å². The molecule has 0 heteroatoms. The molecule has 0 aliphatic rings. The molecular formula is C54H32. The van der Waals surface area contributed by atoms with Crippen molar-refractivity contribution in [3.8, 4) is 44.5 Å². The molecule has 54 heavy (non-hydrogen) atoms. The standard InChI is InChI=1S/C54H32/c1-4-16-33(17-5-1)38-23-10-11-24-39(38)37-30-36-22-14-28-43-48(36)46(31-37)54-49(34-18-6-2-7-19-34)47-32-45-41-26-13-12-25-40(41)42-27-15-29-44(51(42)45)52(47)50(53(43)54)35-20-8-3-9-21-35/h1-32H. The largest absolute Gasteiger partial charge is 0.0622 e. The molecule has 12 rings (SSSR count). The summed E-state index contributed by atoms with van der Waals surface area (Å²) in [5, 5.41) is 18.5. The van der Waals surface area contributed by atoms with Crippen LogP contribution in [0.25, 0.3) is 120 Å². The summed E-state index contributed by atoms with van der Waals surface area (Å²) in [6, 6.07) is 72.2. The van der Waals surface area contributed by atoms with Gasteiger partial charge in [0.05, 0.1) is 0 Å². The van der Waals surface area contributed by atoms with Crippen LogP contribution in [0.1, 0.15) is 0 Å². The van der Waals surface area contributed by atoms with Gasteiger partial charge in [-0.15, -0.1) is 0 Å². The molecule has 0 aliphatic carbocycles. The fraction of sp³-hybridized carbons (Fsp3) is 0. The van der Waals surface area contributed by atoms with E-state index in [1.54, 1.807) is 0 Å². The molecular weight excluding hydrogens is 649 g/mol. The summed E-state index contributed by atoms with van der Waals surface area (Å²) < 4.78 is 0. The van der Waals surface area contributed by atoms with E-state index in [1.165, 1.54) is 120 Å². The van der Waals surface area contributed by atoms with Crippen LogP contribution in [0.4, 0.5) is 0 Å². The van der Waals surface area contributed by atoms with Crippen LogP contribution in [0.2, 0.25) is 0 Å². The third-order valence-corrected chi connectivity index (χ3v) is 11.9. The highest BCUT2D eigenvalue weighted by Gasteiger charge is 2.26. The highest BCUT2D eigenvalue weighted by atomic mass is 14.3. The van der Waals surface area contributed by atoms with Gasteiger partial charge in [0.2, 0.25) is 0 Å². The summed E-state index contributed by atoms with van der Waals surface area (Å²) in [6.07, 6.45) is 0. The van der Waals surface area contributed by atoms with Crippen molar-refractivity contribution in [1.82, 2.24) is 0 Å². The molecule has 0 aromatic heterocycles. The highest BCUT2D eigenvalue weighted by Crippen LogP contribution is 2.55. The second kappa shape index (κ2) is 11.2. The van der Waals surface area contributed by atoms with Gasteiger partial charge in [-0.05, 0) is 138 Å².